The lowest BCUT2D eigenvalue weighted by molar-refractivity contribution is 0.505. The van der Waals surface area contributed by atoms with Gasteiger partial charge in [-0.2, -0.15) is 14.8 Å². The van der Waals surface area contributed by atoms with E-state index in [1.807, 2.05) is 12.3 Å². The van der Waals surface area contributed by atoms with Crippen LogP contribution in [0.2, 0.25) is 0 Å². The summed E-state index contributed by atoms with van der Waals surface area (Å²) in [6.07, 6.45) is 3.56. The van der Waals surface area contributed by atoms with Crippen LogP contribution in [0.1, 0.15) is 45.0 Å². The van der Waals surface area contributed by atoms with E-state index >= 15 is 0 Å². The highest BCUT2D eigenvalue weighted by Gasteiger charge is 2.09. The Balaban J connectivity index is 1.99. The van der Waals surface area contributed by atoms with Crippen molar-refractivity contribution in [1.82, 2.24) is 20.1 Å². The highest BCUT2D eigenvalue weighted by atomic mass is 16.4. The summed E-state index contributed by atoms with van der Waals surface area (Å²) in [6, 6.07) is 2.51. The first-order chi connectivity index (χ1) is 9.06. The lowest BCUT2D eigenvalue weighted by atomic mass is 10.1. The minimum absolute atomic E-state index is 0.406. The molecule has 0 aliphatic rings. The fourth-order valence-corrected chi connectivity index (χ4v) is 1.72. The molecule has 2 aromatic heterocycles. The van der Waals surface area contributed by atoms with E-state index in [-0.39, 0.29) is 0 Å². The van der Waals surface area contributed by atoms with Crippen molar-refractivity contribution in [2.75, 3.05) is 6.54 Å². The molecule has 0 saturated carbocycles. The molecule has 0 aromatic carbocycles. The number of hydrogen-bond acceptors (Lipinski definition) is 4. The second-order valence-corrected chi connectivity index (χ2v) is 5.49. The summed E-state index contributed by atoms with van der Waals surface area (Å²) in [4.78, 5) is 4.42. The van der Waals surface area contributed by atoms with Gasteiger partial charge < -0.3 is 9.73 Å². The fourth-order valence-electron chi connectivity index (χ4n) is 1.72. The average Bonchev–Trinajstić information content (AvgIpc) is 2.95. The van der Waals surface area contributed by atoms with Gasteiger partial charge in [-0.05, 0) is 24.4 Å². The molecule has 0 unspecified atom stereocenters. The first-order valence-corrected chi connectivity index (χ1v) is 6.77. The number of hydrogen-bond donors (Lipinski definition) is 1. The molecular formula is C14H22N4O. The fraction of sp³-hybridized carbons (Fsp3) is 0.571. The second kappa shape index (κ2) is 6.02. The Morgan fingerprint density at radius 1 is 1.32 bits per heavy atom. The van der Waals surface area contributed by atoms with Crippen LogP contribution in [0.15, 0.2) is 22.9 Å². The number of nitrogens with zero attached hydrogens (tertiary/aromatic N) is 3. The van der Waals surface area contributed by atoms with E-state index < -0.39 is 0 Å². The molecule has 0 bridgehead atoms. The Labute approximate surface area is 114 Å². The van der Waals surface area contributed by atoms with Crippen molar-refractivity contribution in [2.24, 2.45) is 5.92 Å². The summed E-state index contributed by atoms with van der Waals surface area (Å²) in [5, 5.41) is 7.78. The molecule has 2 rings (SSSR count). The van der Waals surface area contributed by atoms with Gasteiger partial charge >= 0.3 is 6.01 Å². The molecular weight excluding hydrogens is 240 g/mol. The van der Waals surface area contributed by atoms with Crippen LogP contribution in [0.4, 0.5) is 0 Å². The first-order valence-electron chi connectivity index (χ1n) is 6.77. The molecule has 5 nitrogen and oxygen atoms in total. The van der Waals surface area contributed by atoms with Gasteiger partial charge in [0, 0.05) is 12.7 Å². The van der Waals surface area contributed by atoms with E-state index in [1.165, 1.54) is 0 Å². The van der Waals surface area contributed by atoms with Crippen molar-refractivity contribution in [1.29, 1.82) is 0 Å². The Kier molecular flexibility index (Phi) is 4.37. The standard InChI is InChI=1S/C14H22N4O/c1-10(2)7-15-8-12-9-19-14(16-12)18-6-5-13(17-18)11(3)4/h5-6,9-11,15H,7-8H2,1-4H3. The van der Waals surface area contributed by atoms with Crippen LogP contribution in [0.25, 0.3) is 6.01 Å². The Hall–Kier alpha value is -1.62. The molecule has 0 aliphatic carbocycles. The zero-order valence-corrected chi connectivity index (χ0v) is 12.1. The molecule has 2 heterocycles. The predicted octanol–water partition coefficient (Wildman–Crippen LogP) is 2.73. The maximum Gasteiger partial charge on any atom is 0.322 e. The van der Waals surface area contributed by atoms with Crippen LogP contribution in [-0.2, 0) is 6.54 Å². The van der Waals surface area contributed by atoms with Gasteiger partial charge in [-0.1, -0.05) is 27.7 Å². The van der Waals surface area contributed by atoms with Gasteiger partial charge in [0.25, 0.3) is 0 Å². The first kappa shape index (κ1) is 13.8. The summed E-state index contributed by atoms with van der Waals surface area (Å²) < 4.78 is 7.13. The predicted molar refractivity (Wildman–Crippen MR) is 74.3 cm³/mol. The van der Waals surface area contributed by atoms with Crippen LogP contribution in [0, 0.1) is 5.92 Å². The molecule has 0 radical (unpaired) electrons. The van der Waals surface area contributed by atoms with E-state index in [9.17, 15) is 0 Å². The zero-order valence-electron chi connectivity index (χ0n) is 12.1. The molecule has 19 heavy (non-hydrogen) atoms. The van der Waals surface area contributed by atoms with Crippen molar-refractivity contribution >= 4 is 0 Å². The molecule has 2 aromatic rings. The van der Waals surface area contributed by atoms with Crippen molar-refractivity contribution < 1.29 is 4.42 Å². The number of oxazole rings is 1. The van der Waals surface area contributed by atoms with Gasteiger partial charge in [-0.3, -0.25) is 0 Å². The molecule has 0 fully saturated rings. The molecule has 0 atom stereocenters. The number of aromatic nitrogens is 3. The SMILES string of the molecule is CC(C)CNCc1coc(-n2ccc(C(C)C)n2)n1. The average molecular weight is 262 g/mol. The maximum atomic E-state index is 5.45. The third kappa shape index (κ3) is 3.67. The highest BCUT2D eigenvalue weighted by Crippen LogP contribution is 2.13. The van der Waals surface area contributed by atoms with Crippen LogP contribution >= 0.6 is 0 Å². The van der Waals surface area contributed by atoms with Gasteiger partial charge in [-0.25, -0.2) is 0 Å². The molecule has 5 heteroatoms. The molecule has 0 spiro atoms. The second-order valence-electron chi connectivity index (χ2n) is 5.49. The molecule has 104 valence electrons. The summed E-state index contributed by atoms with van der Waals surface area (Å²) >= 11 is 0. The Morgan fingerprint density at radius 3 is 2.74 bits per heavy atom. The largest absolute Gasteiger partial charge is 0.430 e. The van der Waals surface area contributed by atoms with Crippen molar-refractivity contribution in [2.45, 2.75) is 40.2 Å². The minimum Gasteiger partial charge on any atom is -0.430 e. The smallest absolute Gasteiger partial charge is 0.322 e. The summed E-state index contributed by atoms with van der Waals surface area (Å²) in [5.74, 6) is 1.04. The Morgan fingerprint density at radius 2 is 2.11 bits per heavy atom. The zero-order chi connectivity index (χ0) is 13.8. The monoisotopic (exact) mass is 262 g/mol. The Bertz CT molecular complexity index is 513. The third-order valence-electron chi connectivity index (χ3n) is 2.80. The normalized spacial score (nSPS) is 11.7. The third-order valence-corrected chi connectivity index (χ3v) is 2.80. The van der Waals surface area contributed by atoms with E-state index in [0.717, 1.165) is 24.5 Å². The van der Waals surface area contributed by atoms with E-state index in [4.69, 9.17) is 4.42 Å². The van der Waals surface area contributed by atoms with Crippen LogP contribution in [0.5, 0.6) is 0 Å². The molecule has 1 N–H and O–H groups in total. The molecule has 0 amide bonds. The maximum absolute atomic E-state index is 5.45. The molecule has 0 saturated heterocycles. The number of rotatable bonds is 6. The van der Waals surface area contributed by atoms with Crippen molar-refractivity contribution in [3.63, 3.8) is 0 Å². The van der Waals surface area contributed by atoms with Gasteiger partial charge in [0.05, 0.1) is 11.4 Å². The van der Waals surface area contributed by atoms with E-state index in [1.54, 1.807) is 10.9 Å². The van der Waals surface area contributed by atoms with Gasteiger partial charge in [0.2, 0.25) is 0 Å². The van der Waals surface area contributed by atoms with Gasteiger partial charge in [0.1, 0.15) is 6.26 Å². The van der Waals surface area contributed by atoms with Gasteiger partial charge in [-0.15, -0.1) is 0 Å². The van der Waals surface area contributed by atoms with E-state index in [2.05, 4.69) is 43.1 Å². The van der Waals surface area contributed by atoms with Crippen molar-refractivity contribution in [3.05, 3.63) is 29.9 Å². The quantitative estimate of drug-likeness (QED) is 0.869. The lowest BCUT2D eigenvalue weighted by Gasteiger charge is -2.04. The van der Waals surface area contributed by atoms with Crippen LogP contribution in [-0.4, -0.2) is 21.3 Å². The van der Waals surface area contributed by atoms with Gasteiger partial charge in [0.15, 0.2) is 0 Å². The molecule has 0 aliphatic heterocycles. The van der Waals surface area contributed by atoms with Crippen molar-refractivity contribution in [3.8, 4) is 6.01 Å². The minimum atomic E-state index is 0.406. The summed E-state index contributed by atoms with van der Waals surface area (Å²) in [7, 11) is 0. The van der Waals surface area contributed by atoms with E-state index in [0.29, 0.717) is 17.9 Å². The summed E-state index contributed by atoms with van der Waals surface area (Å²) in [6.45, 7) is 10.3. The topological polar surface area (TPSA) is 55.9 Å². The number of nitrogens with one attached hydrogen (secondary N) is 1. The van der Waals surface area contributed by atoms with Crippen LogP contribution < -0.4 is 5.32 Å². The van der Waals surface area contributed by atoms with Crippen LogP contribution in [0.3, 0.4) is 0 Å². The highest BCUT2D eigenvalue weighted by molar-refractivity contribution is 5.13. The lowest BCUT2D eigenvalue weighted by Crippen LogP contribution is -2.19. The summed E-state index contributed by atoms with van der Waals surface area (Å²) in [5.41, 5.74) is 1.94.